The molecule has 2 rings (SSSR count). The van der Waals surface area contributed by atoms with Crippen LogP contribution < -0.4 is 0 Å². The number of carboxylic acid groups (broad SMARTS) is 1. The highest BCUT2D eigenvalue weighted by Crippen LogP contribution is 2.26. The van der Waals surface area contributed by atoms with Crippen LogP contribution >= 0.6 is 0 Å². The minimum absolute atomic E-state index is 0.00515. The van der Waals surface area contributed by atoms with Gasteiger partial charge >= 0.3 is 5.97 Å². The summed E-state index contributed by atoms with van der Waals surface area (Å²) in [5, 5.41) is 8.55. The second kappa shape index (κ2) is 5.09. The van der Waals surface area contributed by atoms with E-state index in [0.29, 0.717) is 0 Å². The lowest BCUT2D eigenvalue weighted by Crippen LogP contribution is -2.04. The molecule has 0 amide bonds. The maximum atomic E-state index is 13.7. The molecule has 3 nitrogen and oxygen atoms in total. The topological polar surface area (TPSA) is 50.2 Å². The quantitative estimate of drug-likeness (QED) is 0.870. The van der Waals surface area contributed by atoms with Crippen molar-refractivity contribution in [3.05, 3.63) is 53.6 Å². The number of carboxylic acids is 1. The molecule has 1 heterocycles. The summed E-state index contributed by atoms with van der Waals surface area (Å²) in [7, 11) is 0. The first kappa shape index (κ1) is 13.1. The van der Waals surface area contributed by atoms with E-state index in [2.05, 4.69) is 4.98 Å². The number of halogens is 3. The number of nitrogens with zero attached hydrogens (tertiary/aromatic N) is 1. The number of aliphatic carboxylic acids is 1. The Kier molecular flexibility index (Phi) is 3.50. The molecule has 0 aliphatic heterocycles. The molecule has 0 saturated heterocycles. The maximum absolute atomic E-state index is 13.7. The summed E-state index contributed by atoms with van der Waals surface area (Å²) < 4.78 is 40.3. The van der Waals surface area contributed by atoms with Gasteiger partial charge in [-0.1, -0.05) is 12.1 Å². The molecule has 0 saturated carbocycles. The van der Waals surface area contributed by atoms with E-state index in [9.17, 15) is 18.0 Å². The average molecular weight is 267 g/mol. The van der Waals surface area contributed by atoms with Crippen LogP contribution in [0.1, 0.15) is 5.69 Å². The molecule has 98 valence electrons. The van der Waals surface area contributed by atoms with Crippen molar-refractivity contribution in [2.45, 2.75) is 6.42 Å². The molecular weight excluding hydrogens is 259 g/mol. The second-order valence-corrected chi connectivity index (χ2v) is 3.81. The van der Waals surface area contributed by atoms with E-state index in [1.54, 1.807) is 0 Å². The molecule has 19 heavy (non-hydrogen) atoms. The van der Waals surface area contributed by atoms with Gasteiger partial charge < -0.3 is 5.11 Å². The molecule has 2 aromatic rings. The number of pyridine rings is 1. The van der Waals surface area contributed by atoms with Gasteiger partial charge in [-0.2, -0.15) is 4.39 Å². The predicted molar refractivity (Wildman–Crippen MR) is 60.9 cm³/mol. The highest BCUT2D eigenvalue weighted by molar-refractivity contribution is 5.70. The van der Waals surface area contributed by atoms with E-state index in [1.165, 1.54) is 24.3 Å². The zero-order valence-electron chi connectivity index (χ0n) is 9.53. The molecule has 0 radical (unpaired) electrons. The molecule has 0 aliphatic rings. The highest BCUT2D eigenvalue weighted by Gasteiger charge is 2.15. The summed E-state index contributed by atoms with van der Waals surface area (Å²) in [4.78, 5) is 13.9. The largest absolute Gasteiger partial charge is 0.481 e. The Hall–Kier alpha value is -2.37. The molecule has 0 unspecified atom stereocenters. The van der Waals surface area contributed by atoms with Gasteiger partial charge in [0.05, 0.1) is 12.1 Å². The Balaban J connectivity index is 2.46. The monoisotopic (exact) mass is 267 g/mol. The molecular formula is C13H8F3NO2. The zero-order valence-corrected chi connectivity index (χ0v) is 9.53. The van der Waals surface area contributed by atoms with E-state index in [1.807, 2.05) is 0 Å². The van der Waals surface area contributed by atoms with Gasteiger partial charge in [0.15, 0.2) is 11.6 Å². The summed E-state index contributed by atoms with van der Waals surface area (Å²) in [6, 6.07) is 5.83. The molecule has 1 N–H and O–H groups in total. The standard InChI is InChI=1S/C13H8F3NO2/c14-10-3-1-2-8(12(10)15)9-5-4-7(6-11(18)19)17-13(9)16/h1-5H,6H2,(H,18,19). The lowest BCUT2D eigenvalue weighted by Gasteiger charge is -2.06. The van der Waals surface area contributed by atoms with Crippen molar-refractivity contribution in [2.24, 2.45) is 0 Å². The summed E-state index contributed by atoms with van der Waals surface area (Å²) >= 11 is 0. The first-order valence-electron chi connectivity index (χ1n) is 5.30. The van der Waals surface area contributed by atoms with E-state index < -0.39 is 30.0 Å². The average Bonchev–Trinajstić information content (AvgIpc) is 2.33. The third-order valence-electron chi connectivity index (χ3n) is 2.48. The minimum atomic E-state index is -1.17. The third-order valence-corrected chi connectivity index (χ3v) is 2.48. The fourth-order valence-corrected chi connectivity index (χ4v) is 1.64. The van der Waals surface area contributed by atoms with Crippen LogP contribution in [-0.4, -0.2) is 16.1 Å². The molecule has 0 aliphatic carbocycles. The summed E-state index contributed by atoms with van der Waals surface area (Å²) in [6.07, 6.45) is -0.442. The zero-order chi connectivity index (χ0) is 14.0. The van der Waals surface area contributed by atoms with Crippen molar-refractivity contribution >= 4 is 5.97 Å². The maximum Gasteiger partial charge on any atom is 0.309 e. The number of hydrogen-bond donors (Lipinski definition) is 1. The van der Waals surface area contributed by atoms with Gasteiger partial charge in [-0.05, 0) is 18.2 Å². The first-order valence-corrected chi connectivity index (χ1v) is 5.30. The molecule has 0 bridgehead atoms. The molecule has 0 fully saturated rings. The van der Waals surface area contributed by atoms with Crippen molar-refractivity contribution in [1.82, 2.24) is 4.98 Å². The van der Waals surface area contributed by atoms with Crippen LogP contribution in [0.25, 0.3) is 11.1 Å². The molecule has 0 atom stereocenters. The van der Waals surface area contributed by atoms with E-state index in [0.717, 1.165) is 6.07 Å². The van der Waals surface area contributed by atoms with Crippen molar-refractivity contribution in [3.63, 3.8) is 0 Å². The number of aromatic nitrogens is 1. The first-order chi connectivity index (χ1) is 8.99. The van der Waals surface area contributed by atoms with Gasteiger partial charge in [0.2, 0.25) is 5.95 Å². The number of rotatable bonds is 3. The van der Waals surface area contributed by atoms with Crippen LogP contribution in [0, 0.1) is 17.6 Å². The lowest BCUT2D eigenvalue weighted by molar-refractivity contribution is -0.136. The van der Waals surface area contributed by atoms with Crippen LogP contribution in [0.15, 0.2) is 30.3 Å². The summed E-state index contributed by atoms with van der Waals surface area (Å²) in [6.45, 7) is 0. The second-order valence-electron chi connectivity index (χ2n) is 3.81. The number of benzene rings is 1. The Morgan fingerprint density at radius 2 is 1.84 bits per heavy atom. The van der Waals surface area contributed by atoms with Crippen molar-refractivity contribution in [1.29, 1.82) is 0 Å². The predicted octanol–water partition coefficient (Wildman–Crippen LogP) is 2.79. The van der Waals surface area contributed by atoms with Gasteiger partial charge in [0.25, 0.3) is 0 Å². The van der Waals surface area contributed by atoms with Gasteiger partial charge in [-0.15, -0.1) is 0 Å². The van der Waals surface area contributed by atoms with Gasteiger partial charge in [0, 0.05) is 11.1 Å². The molecule has 0 spiro atoms. The van der Waals surface area contributed by atoms with Crippen LogP contribution in [-0.2, 0) is 11.2 Å². The van der Waals surface area contributed by atoms with Crippen LogP contribution in [0.3, 0.4) is 0 Å². The Labute approximate surface area is 106 Å². The lowest BCUT2D eigenvalue weighted by atomic mass is 10.1. The number of carbonyl (C=O) groups is 1. The van der Waals surface area contributed by atoms with Crippen molar-refractivity contribution in [3.8, 4) is 11.1 Å². The third kappa shape index (κ3) is 2.73. The van der Waals surface area contributed by atoms with Gasteiger partial charge in [-0.25, -0.2) is 13.8 Å². The molecule has 6 heteroatoms. The van der Waals surface area contributed by atoms with Crippen LogP contribution in [0.5, 0.6) is 0 Å². The Bertz CT molecular complexity index is 644. The fraction of sp³-hybridized carbons (Fsp3) is 0.0769. The normalized spacial score (nSPS) is 10.5. The smallest absolute Gasteiger partial charge is 0.309 e. The fourth-order valence-electron chi connectivity index (χ4n) is 1.64. The Morgan fingerprint density at radius 3 is 2.47 bits per heavy atom. The van der Waals surface area contributed by atoms with Gasteiger partial charge in [-0.3, -0.25) is 4.79 Å². The van der Waals surface area contributed by atoms with Crippen molar-refractivity contribution in [2.75, 3.05) is 0 Å². The SMILES string of the molecule is O=C(O)Cc1ccc(-c2cccc(F)c2F)c(F)n1. The van der Waals surface area contributed by atoms with Gasteiger partial charge in [0.1, 0.15) is 0 Å². The van der Waals surface area contributed by atoms with Crippen LogP contribution in [0.2, 0.25) is 0 Å². The van der Waals surface area contributed by atoms with E-state index in [-0.39, 0.29) is 16.8 Å². The highest BCUT2D eigenvalue weighted by atomic mass is 19.2. The van der Waals surface area contributed by atoms with Crippen LogP contribution in [0.4, 0.5) is 13.2 Å². The Morgan fingerprint density at radius 1 is 1.11 bits per heavy atom. The molecule has 1 aromatic heterocycles. The minimum Gasteiger partial charge on any atom is -0.481 e. The summed E-state index contributed by atoms with van der Waals surface area (Å²) in [5.41, 5.74) is -0.469. The van der Waals surface area contributed by atoms with E-state index in [4.69, 9.17) is 5.11 Å². The van der Waals surface area contributed by atoms with E-state index >= 15 is 0 Å². The van der Waals surface area contributed by atoms with Crippen molar-refractivity contribution < 1.29 is 23.1 Å². The molecule has 1 aromatic carbocycles. The summed E-state index contributed by atoms with van der Waals surface area (Å²) in [5.74, 6) is -4.46. The number of hydrogen-bond acceptors (Lipinski definition) is 2.